The fourth-order valence-electron chi connectivity index (χ4n) is 2.68. The van der Waals surface area contributed by atoms with Gasteiger partial charge >= 0.3 is 0 Å². The molecule has 1 atom stereocenters. The molecule has 0 aromatic carbocycles. The van der Waals surface area contributed by atoms with Crippen molar-refractivity contribution < 1.29 is 13.9 Å². The highest BCUT2D eigenvalue weighted by atomic mass is 16.5. The van der Waals surface area contributed by atoms with Crippen LogP contribution in [-0.2, 0) is 22.4 Å². The molecule has 2 aromatic heterocycles. The van der Waals surface area contributed by atoms with Crippen LogP contribution in [0.15, 0.2) is 22.8 Å². The van der Waals surface area contributed by atoms with E-state index in [1.165, 1.54) is 0 Å². The van der Waals surface area contributed by atoms with E-state index in [1.807, 2.05) is 17.0 Å². The first kappa shape index (κ1) is 15.7. The van der Waals surface area contributed by atoms with Crippen LogP contribution in [0.2, 0.25) is 0 Å². The Morgan fingerprint density at radius 2 is 2.39 bits per heavy atom. The number of aromatic nitrogens is 3. The van der Waals surface area contributed by atoms with Crippen LogP contribution in [0.1, 0.15) is 43.3 Å². The maximum absolute atomic E-state index is 12.4. The summed E-state index contributed by atoms with van der Waals surface area (Å²) >= 11 is 0. The van der Waals surface area contributed by atoms with Gasteiger partial charge in [0.25, 0.3) is 0 Å². The minimum absolute atomic E-state index is 0.110. The van der Waals surface area contributed by atoms with Crippen LogP contribution in [-0.4, -0.2) is 45.7 Å². The van der Waals surface area contributed by atoms with Gasteiger partial charge in [-0.2, -0.15) is 5.10 Å². The van der Waals surface area contributed by atoms with Crippen LogP contribution in [0.25, 0.3) is 0 Å². The molecule has 0 bridgehead atoms. The molecule has 23 heavy (non-hydrogen) atoms. The lowest BCUT2D eigenvalue weighted by Gasteiger charge is -2.31. The average Bonchev–Trinajstić information content (AvgIpc) is 3.25. The summed E-state index contributed by atoms with van der Waals surface area (Å²) in [5.74, 6) is 2.45. The number of aryl methyl sites for hydroxylation is 2. The molecule has 0 spiro atoms. The Hall–Kier alpha value is -2.15. The van der Waals surface area contributed by atoms with Crippen LogP contribution >= 0.6 is 0 Å². The van der Waals surface area contributed by atoms with Crippen molar-refractivity contribution in [2.24, 2.45) is 0 Å². The Kier molecular flexibility index (Phi) is 5.07. The fraction of sp³-hybridized carbons (Fsp3) is 0.562. The number of carbonyl (C=O) groups excluding carboxylic acids is 1. The number of amides is 1. The van der Waals surface area contributed by atoms with E-state index in [4.69, 9.17) is 9.15 Å². The van der Waals surface area contributed by atoms with Gasteiger partial charge in [-0.15, -0.1) is 0 Å². The normalized spacial score (nSPS) is 18.3. The highest BCUT2D eigenvalue weighted by Crippen LogP contribution is 2.20. The number of morpholine rings is 1. The molecule has 0 saturated carbocycles. The quantitative estimate of drug-likeness (QED) is 0.879. The molecule has 7 nitrogen and oxygen atoms in total. The van der Waals surface area contributed by atoms with Crippen LogP contribution in [0.4, 0.5) is 0 Å². The maximum Gasteiger partial charge on any atom is 0.223 e. The Labute approximate surface area is 135 Å². The lowest BCUT2D eigenvalue weighted by molar-refractivity contribution is -0.139. The van der Waals surface area contributed by atoms with Crippen molar-refractivity contribution in [1.82, 2.24) is 20.1 Å². The Morgan fingerprint density at radius 3 is 3.17 bits per heavy atom. The molecule has 3 rings (SSSR count). The molecule has 1 amide bonds. The molecule has 1 fully saturated rings. The number of ether oxygens (including phenoxy) is 1. The number of nitrogens with zero attached hydrogens (tertiary/aromatic N) is 3. The summed E-state index contributed by atoms with van der Waals surface area (Å²) in [6.07, 6.45) is 4.31. The first-order valence-corrected chi connectivity index (χ1v) is 8.09. The molecule has 124 valence electrons. The summed E-state index contributed by atoms with van der Waals surface area (Å²) in [4.78, 5) is 18.6. The Balaban J connectivity index is 1.55. The van der Waals surface area contributed by atoms with Crippen LogP contribution in [0.3, 0.4) is 0 Å². The largest absolute Gasteiger partial charge is 0.469 e. The number of nitrogens with one attached hydrogen (secondary N) is 1. The molecule has 2 aromatic rings. The zero-order chi connectivity index (χ0) is 16.1. The number of hydrogen-bond acceptors (Lipinski definition) is 5. The number of carbonyl (C=O) groups is 1. The van der Waals surface area contributed by atoms with Crippen molar-refractivity contribution in [2.75, 3.05) is 19.7 Å². The zero-order valence-electron chi connectivity index (χ0n) is 13.3. The van der Waals surface area contributed by atoms with E-state index < -0.39 is 0 Å². The van der Waals surface area contributed by atoms with Crippen molar-refractivity contribution >= 4 is 5.91 Å². The molecule has 0 aliphatic carbocycles. The summed E-state index contributed by atoms with van der Waals surface area (Å²) in [6, 6.07) is 3.72. The van der Waals surface area contributed by atoms with Gasteiger partial charge in [-0.3, -0.25) is 9.89 Å². The third kappa shape index (κ3) is 3.98. The van der Waals surface area contributed by atoms with Crippen LogP contribution in [0, 0.1) is 0 Å². The van der Waals surface area contributed by atoms with Gasteiger partial charge in [0.2, 0.25) is 5.91 Å². The van der Waals surface area contributed by atoms with E-state index >= 15 is 0 Å². The summed E-state index contributed by atoms with van der Waals surface area (Å²) in [5.41, 5.74) is 0. The van der Waals surface area contributed by atoms with Crippen molar-refractivity contribution in [3.05, 3.63) is 35.8 Å². The number of hydrogen-bond donors (Lipinski definition) is 1. The van der Waals surface area contributed by atoms with Gasteiger partial charge in [0.15, 0.2) is 5.82 Å². The van der Waals surface area contributed by atoms with Crippen LogP contribution in [0.5, 0.6) is 0 Å². The highest BCUT2D eigenvalue weighted by molar-refractivity contribution is 5.76. The van der Waals surface area contributed by atoms with Crippen molar-refractivity contribution in [3.8, 4) is 0 Å². The fourth-order valence-corrected chi connectivity index (χ4v) is 2.68. The van der Waals surface area contributed by atoms with Crippen LogP contribution < -0.4 is 0 Å². The molecule has 0 radical (unpaired) electrons. The topological polar surface area (TPSA) is 84.2 Å². The highest BCUT2D eigenvalue weighted by Gasteiger charge is 2.27. The van der Waals surface area contributed by atoms with Gasteiger partial charge in [-0.25, -0.2) is 4.98 Å². The molecule has 1 N–H and O–H groups in total. The number of H-pyrrole nitrogens is 1. The van der Waals surface area contributed by atoms with Gasteiger partial charge in [0, 0.05) is 25.8 Å². The van der Waals surface area contributed by atoms with E-state index in [0.29, 0.717) is 38.4 Å². The molecule has 1 unspecified atom stereocenters. The molecule has 3 heterocycles. The van der Waals surface area contributed by atoms with Crippen molar-refractivity contribution in [2.45, 2.75) is 38.7 Å². The summed E-state index contributed by atoms with van der Waals surface area (Å²) in [5, 5.41) is 7.16. The van der Waals surface area contributed by atoms with E-state index in [-0.39, 0.29) is 12.0 Å². The minimum atomic E-state index is -0.252. The number of rotatable bonds is 6. The summed E-state index contributed by atoms with van der Waals surface area (Å²) < 4.78 is 11.0. The monoisotopic (exact) mass is 318 g/mol. The molecule has 7 heteroatoms. The Morgan fingerprint density at radius 1 is 1.48 bits per heavy atom. The third-order valence-electron chi connectivity index (χ3n) is 3.91. The lowest BCUT2D eigenvalue weighted by atomic mass is 10.2. The Bertz CT molecular complexity index is 623. The van der Waals surface area contributed by atoms with E-state index in [2.05, 4.69) is 22.1 Å². The molecular formula is C16H22N4O3. The van der Waals surface area contributed by atoms with Gasteiger partial charge in [-0.05, 0) is 18.6 Å². The first-order chi connectivity index (χ1) is 11.3. The van der Waals surface area contributed by atoms with E-state index in [9.17, 15) is 4.79 Å². The van der Waals surface area contributed by atoms with Gasteiger partial charge in [-0.1, -0.05) is 6.92 Å². The standard InChI is InChI=1S/C16H22N4O3/c1-2-4-14-17-16(19-18-14)13-11-20(8-10-23-13)15(21)7-6-12-5-3-9-22-12/h3,5,9,13H,2,4,6-8,10-11H2,1H3,(H,17,18,19). The SMILES string of the molecule is CCCc1nc(C2CN(C(=O)CCc3ccco3)CCO2)n[nH]1. The number of furan rings is 1. The molecule has 1 aliphatic rings. The van der Waals surface area contributed by atoms with Gasteiger partial charge in [0.05, 0.1) is 19.4 Å². The van der Waals surface area contributed by atoms with Crippen molar-refractivity contribution in [1.29, 1.82) is 0 Å². The third-order valence-corrected chi connectivity index (χ3v) is 3.91. The molecule has 1 saturated heterocycles. The van der Waals surface area contributed by atoms with Gasteiger partial charge < -0.3 is 14.1 Å². The van der Waals surface area contributed by atoms with E-state index in [0.717, 1.165) is 24.4 Å². The summed E-state index contributed by atoms with van der Waals surface area (Å²) in [7, 11) is 0. The zero-order valence-corrected chi connectivity index (χ0v) is 13.3. The van der Waals surface area contributed by atoms with Crippen molar-refractivity contribution in [3.63, 3.8) is 0 Å². The second-order valence-electron chi connectivity index (χ2n) is 5.67. The lowest BCUT2D eigenvalue weighted by Crippen LogP contribution is -2.42. The summed E-state index contributed by atoms with van der Waals surface area (Å²) in [6.45, 7) is 3.72. The average molecular weight is 318 g/mol. The smallest absolute Gasteiger partial charge is 0.223 e. The number of aromatic amines is 1. The maximum atomic E-state index is 12.4. The second kappa shape index (κ2) is 7.41. The first-order valence-electron chi connectivity index (χ1n) is 8.09. The minimum Gasteiger partial charge on any atom is -0.469 e. The molecule has 1 aliphatic heterocycles. The second-order valence-corrected chi connectivity index (χ2v) is 5.67. The van der Waals surface area contributed by atoms with E-state index in [1.54, 1.807) is 6.26 Å². The molecular weight excluding hydrogens is 296 g/mol. The predicted molar refractivity (Wildman–Crippen MR) is 82.7 cm³/mol. The predicted octanol–water partition coefficient (Wildman–Crippen LogP) is 1.88. The van der Waals surface area contributed by atoms with Gasteiger partial charge in [0.1, 0.15) is 17.7 Å².